The molecule has 0 saturated heterocycles. The van der Waals surface area contributed by atoms with Gasteiger partial charge in [-0.25, -0.2) is 15.0 Å². The number of allylic oxidation sites excluding steroid dienone is 8. The molecule has 60 heavy (non-hydrogen) atoms. The molecule has 3 nitrogen and oxygen atoms in total. The summed E-state index contributed by atoms with van der Waals surface area (Å²) in [6, 6.07) is 62.6. The van der Waals surface area contributed by atoms with Crippen LogP contribution >= 0.6 is 0 Å². The summed E-state index contributed by atoms with van der Waals surface area (Å²) < 4.78 is 0. The molecule has 2 aliphatic carbocycles. The molecule has 0 bridgehead atoms. The number of nitrogens with zero attached hydrogens (tertiary/aromatic N) is 3. The molecule has 1 heterocycles. The Bertz CT molecular complexity index is 2880. The highest BCUT2D eigenvalue weighted by atomic mass is 15.0. The summed E-state index contributed by atoms with van der Waals surface area (Å²) in [6.07, 6.45) is 17.8. The first-order valence-corrected chi connectivity index (χ1v) is 20.9. The highest BCUT2D eigenvalue weighted by molar-refractivity contribution is 5.79. The minimum absolute atomic E-state index is 0.637. The summed E-state index contributed by atoms with van der Waals surface area (Å²) in [5, 5.41) is 0. The van der Waals surface area contributed by atoms with E-state index in [1.54, 1.807) is 0 Å². The Hall–Kier alpha value is -7.49. The molecule has 1 aromatic heterocycles. The molecule has 0 spiro atoms. The first-order valence-electron chi connectivity index (χ1n) is 20.9. The Balaban J connectivity index is 0.954. The Labute approximate surface area is 352 Å². The molecule has 0 amide bonds. The topological polar surface area (TPSA) is 38.7 Å². The number of benzene rings is 7. The van der Waals surface area contributed by atoms with Crippen molar-refractivity contribution >= 4 is 11.1 Å². The van der Waals surface area contributed by atoms with Gasteiger partial charge in [0, 0.05) is 16.7 Å². The maximum Gasteiger partial charge on any atom is 0.164 e. The van der Waals surface area contributed by atoms with Gasteiger partial charge in [-0.3, -0.25) is 0 Å². The van der Waals surface area contributed by atoms with Gasteiger partial charge in [0.1, 0.15) is 0 Å². The van der Waals surface area contributed by atoms with Crippen LogP contribution in [-0.2, 0) is 0 Å². The Morgan fingerprint density at radius 1 is 0.300 bits per heavy atom. The maximum atomic E-state index is 5.08. The Kier molecular flexibility index (Phi) is 10.3. The predicted molar refractivity (Wildman–Crippen MR) is 251 cm³/mol. The van der Waals surface area contributed by atoms with Crippen molar-refractivity contribution in [2.45, 2.75) is 25.7 Å². The highest BCUT2D eigenvalue weighted by Crippen LogP contribution is 2.32. The number of rotatable bonds is 9. The fourth-order valence-corrected chi connectivity index (χ4v) is 8.09. The zero-order valence-corrected chi connectivity index (χ0v) is 33.4. The van der Waals surface area contributed by atoms with Crippen LogP contribution in [0.3, 0.4) is 0 Å². The van der Waals surface area contributed by atoms with E-state index in [1.807, 2.05) is 6.07 Å². The van der Waals surface area contributed by atoms with Crippen molar-refractivity contribution in [2.75, 3.05) is 0 Å². The minimum atomic E-state index is 0.637. The van der Waals surface area contributed by atoms with E-state index in [1.165, 1.54) is 44.5 Å². The highest BCUT2D eigenvalue weighted by Gasteiger charge is 2.14. The summed E-state index contributed by atoms with van der Waals surface area (Å²) in [5.74, 6) is 1.92. The Morgan fingerprint density at radius 2 is 0.667 bits per heavy atom. The molecular weight excluding hydrogens is 727 g/mol. The van der Waals surface area contributed by atoms with Gasteiger partial charge in [-0.2, -0.15) is 0 Å². The lowest BCUT2D eigenvalue weighted by molar-refractivity contribution is 1.04. The number of hydrogen-bond donors (Lipinski definition) is 0. The average Bonchev–Trinajstić information content (AvgIpc) is 3.35. The molecule has 3 heteroatoms. The maximum absolute atomic E-state index is 5.08. The first-order chi connectivity index (χ1) is 29.7. The number of aromatic nitrogens is 3. The third kappa shape index (κ3) is 7.99. The SMILES string of the molecule is C1=CCCC(c2ccc(-c3ccc(-c4nc(-c5ccc(-c6ccc(C7=CCCC=C7)cc6)cc5)nc(-c5ccc(-c6ccc(-c7ccccc7)cc6)cc5)n4)cc3)cc2)=C1. The molecule has 0 saturated carbocycles. The standard InChI is InChI=1S/C57H43N3/c1-4-10-40(11-5-1)43-16-22-46(23-17-43)49-28-34-52(35-29-49)55-58-56(53-36-30-50(31-37-53)47-24-18-44(19-25-47)41-12-6-2-7-13-41)60-57(59-55)54-38-32-51(33-39-54)48-26-20-45(21-27-48)42-14-8-3-9-15-42/h1-2,4-6,8,10-12,14-39H,3,7,9,13H2. The fourth-order valence-electron chi connectivity index (χ4n) is 8.09. The molecule has 0 fully saturated rings. The van der Waals surface area contributed by atoms with Gasteiger partial charge in [-0.15, -0.1) is 0 Å². The van der Waals surface area contributed by atoms with Crippen molar-refractivity contribution in [1.29, 1.82) is 0 Å². The monoisotopic (exact) mass is 769 g/mol. The quantitative estimate of drug-likeness (QED) is 0.147. The summed E-state index contributed by atoms with van der Waals surface area (Å²) in [4.78, 5) is 15.2. The van der Waals surface area contributed by atoms with Crippen LogP contribution in [0.15, 0.2) is 212 Å². The van der Waals surface area contributed by atoms with E-state index in [0.717, 1.165) is 64.6 Å². The van der Waals surface area contributed by atoms with Crippen LogP contribution in [-0.4, -0.2) is 15.0 Å². The zero-order chi connectivity index (χ0) is 40.1. The molecule has 2 aliphatic rings. The molecule has 0 atom stereocenters. The third-order valence-corrected chi connectivity index (χ3v) is 11.5. The van der Waals surface area contributed by atoms with Crippen LogP contribution in [0.4, 0.5) is 0 Å². The van der Waals surface area contributed by atoms with Crippen LogP contribution in [0.1, 0.15) is 36.8 Å². The van der Waals surface area contributed by atoms with Crippen molar-refractivity contribution in [1.82, 2.24) is 15.0 Å². The number of hydrogen-bond acceptors (Lipinski definition) is 3. The van der Waals surface area contributed by atoms with E-state index in [0.29, 0.717) is 17.5 Å². The minimum Gasteiger partial charge on any atom is -0.208 e. The van der Waals surface area contributed by atoms with Gasteiger partial charge in [0.2, 0.25) is 0 Å². The molecule has 0 aliphatic heterocycles. The van der Waals surface area contributed by atoms with Crippen LogP contribution in [0.25, 0.3) is 89.8 Å². The molecular formula is C57H43N3. The average molecular weight is 770 g/mol. The van der Waals surface area contributed by atoms with Crippen molar-refractivity contribution in [3.63, 3.8) is 0 Å². The van der Waals surface area contributed by atoms with Crippen molar-refractivity contribution in [2.24, 2.45) is 0 Å². The molecule has 286 valence electrons. The second-order valence-electron chi connectivity index (χ2n) is 15.4. The first kappa shape index (κ1) is 36.8. The normalized spacial score (nSPS) is 13.5. The zero-order valence-electron chi connectivity index (χ0n) is 33.4. The van der Waals surface area contributed by atoms with Crippen molar-refractivity contribution < 1.29 is 0 Å². The second kappa shape index (κ2) is 16.8. The van der Waals surface area contributed by atoms with E-state index < -0.39 is 0 Å². The van der Waals surface area contributed by atoms with E-state index in [-0.39, 0.29) is 0 Å². The second-order valence-corrected chi connectivity index (χ2v) is 15.4. The van der Waals surface area contributed by atoms with Gasteiger partial charge >= 0.3 is 0 Å². The van der Waals surface area contributed by atoms with Crippen LogP contribution < -0.4 is 0 Å². The van der Waals surface area contributed by atoms with E-state index in [9.17, 15) is 0 Å². The lowest BCUT2D eigenvalue weighted by Gasteiger charge is -2.11. The van der Waals surface area contributed by atoms with Gasteiger partial charge in [-0.1, -0.05) is 212 Å². The van der Waals surface area contributed by atoms with Crippen LogP contribution in [0.5, 0.6) is 0 Å². The summed E-state index contributed by atoms with van der Waals surface area (Å²) in [6.45, 7) is 0. The van der Waals surface area contributed by atoms with E-state index >= 15 is 0 Å². The Morgan fingerprint density at radius 3 is 1.03 bits per heavy atom. The molecule has 7 aromatic carbocycles. The predicted octanol–water partition coefficient (Wildman–Crippen LogP) is 15.0. The van der Waals surface area contributed by atoms with Crippen molar-refractivity contribution in [3.05, 3.63) is 224 Å². The molecule has 0 unspecified atom stereocenters. The summed E-state index contributed by atoms with van der Waals surface area (Å²) >= 11 is 0. The third-order valence-electron chi connectivity index (χ3n) is 11.5. The van der Waals surface area contributed by atoms with E-state index in [4.69, 9.17) is 15.0 Å². The molecule has 10 rings (SSSR count). The molecule has 0 N–H and O–H groups in total. The lowest BCUT2D eigenvalue weighted by atomic mass is 9.95. The molecule has 8 aromatic rings. The van der Waals surface area contributed by atoms with Crippen LogP contribution in [0, 0.1) is 0 Å². The van der Waals surface area contributed by atoms with E-state index in [2.05, 4.69) is 206 Å². The molecule has 0 radical (unpaired) electrons. The van der Waals surface area contributed by atoms with Crippen molar-refractivity contribution in [3.8, 4) is 78.7 Å². The smallest absolute Gasteiger partial charge is 0.164 e. The van der Waals surface area contributed by atoms with Gasteiger partial charge in [0.05, 0.1) is 0 Å². The van der Waals surface area contributed by atoms with Gasteiger partial charge < -0.3 is 0 Å². The van der Waals surface area contributed by atoms with Gasteiger partial charge in [-0.05, 0) is 92.5 Å². The summed E-state index contributed by atoms with van der Waals surface area (Å²) in [5.41, 5.74) is 17.4. The fraction of sp³-hybridized carbons (Fsp3) is 0.0702. The largest absolute Gasteiger partial charge is 0.208 e. The lowest BCUT2D eigenvalue weighted by Crippen LogP contribution is -2.00. The van der Waals surface area contributed by atoms with Gasteiger partial charge in [0.25, 0.3) is 0 Å². The van der Waals surface area contributed by atoms with Crippen LogP contribution in [0.2, 0.25) is 0 Å². The van der Waals surface area contributed by atoms with Gasteiger partial charge in [0.15, 0.2) is 17.5 Å². The summed E-state index contributed by atoms with van der Waals surface area (Å²) in [7, 11) is 0.